The minimum atomic E-state index is 0.115. The highest BCUT2D eigenvalue weighted by atomic mass is 32.2. The number of benzene rings is 1. The molecule has 1 heterocycles. The molecule has 106 valence electrons. The Hall–Kier alpha value is -0.670. The lowest BCUT2D eigenvalue weighted by Crippen LogP contribution is -2.61. The molecule has 0 amide bonds. The lowest BCUT2D eigenvalue weighted by Gasteiger charge is -2.51. The number of rotatable bonds is 4. The van der Waals surface area contributed by atoms with Gasteiger partial charge in [-0.25, -0.2) is 0 Å². The first-order chi connectivity index (χ1) is 9.15. The van der Waals surface area contributed by atoms with Crippen LogP contribution in [-0.4, -0.2) is 29.6 Å². The zero-order valence-corrected chi connectivity index (χ0v) is 13.2. The number of aryl methyl sites for hydroxylation is 1. The predicted molar refractivity (Wildman–Crippen MR) is 87.1 cm³/mol. The summed E-state index contributed by atoms with van der Waals surface area (Å²) in [5.41, 5.74) is 9.05. The summed E-state index contributed by atoms with van der Waals surface area (Å²) < 4.78 is 0. The van der Waals surface area contributed by atoms with Crippen LogP contribution in [0.1, 0.15) is 32.3 Å². The Morgan fingerprint density at radius 1 is 1.42 bits per heavy atom. The molecule has 1 fully saturated rings. The fraction of sp³-hybridized carbons (Fsp3) is 0.625. The van der Waals surface area contributed by atoms with Crippen LogP contribution in [0.4, 0.5) is 5.69 Å². The molecule has 1 aliphatic heterocycles. The van der Waals surface area contributed by atoms with Gasteiger partial charge in [0, 0.05) is 24.0 Å². The number of anilines is 1. The van der Waals surface area contributed by atoms with Crippen molar-refractivity contribution in [1.29, 1.82) is 0 Å². The monoisotopic (exact) mass is 278 g/mol. The molecule has 0 aromatic heterocycles. The van der Waals surface area contributed by atoms with Crippen LogP contribution in [0.3, 0.4) is 0 Å². The number of nitrogens with two attached hydrogens (primary N) is 1. The molecule has 2 nitrogen and oxygen atoms in total. The van der Waals surface area contributed by atoms with Crippen molar-refractivity contribution >= 4 is 17.4 Å². The maximum Gasteiger partial charge on any atom is 0.0639 e. The molecule has 1 aromatic carbocycles. The van der Waals surface area contributed by atoms with Crippen LogP contribution < -0.4 is 10.6 Å². The zero-order chi connectivity index (χ0) is 13.9. The van der Waals surface area contributed by atoms with Crippen molar-refractivity contribution in [2.75, 3.05) is 23.7 Å². The molecule has 2 atom stereocenters. The minimum Gasteiger partial charge on any atom is -0.364 e. The number of para-hydroxylation sites is 1. The molecular weight excluding hydrogens is 252 g/mol. The molecule has 0 aliphatic carbocycles. The smallest absolute Gasteiger partial charge is 0.0639 e. The van der Waals surface area contributed by atoms with Gasteiger partial charge in [0.2, 0.25) is 0 Å². The highest BCUT2D eigenvalue weighted by Crippen LogP contribution is 2.40. The lowest BCUT2D eigenvalue weighted by atomic mass is 9.86. The van der Waals surface area contributed by atoms with E-state index >= 15 is 0 Å². The summed E-state index contributed by atoms with van der Waals surface area (Å²) in [6, 6.07) is 8.68. The van der Waals surface area contributed by atoms with Gasteiger partial charge in [-0.3, -0.25) is 0 Å². The fourth-order valence-corrected chi connectivity index (χ4v) is 4.64. The van der Waals surface area contributed by atoms with Gasteiger partial charge in [-0.05, 0) is 44.1 Å². The maximum absolute atomic E-state index is 6.24. The van der Waals surface area contributed by atoms with Crippen molar-refractivity contribution in [1.82, 2.24) is 0 Å². The molecule has 19 heavy (non-hydrogen) atoms. The Morgan fingerprint density at radius 3 is 2.74 bits per heavy atom. The van der Waals surface area contributed by atoms with Gasteiger partial charge in [0.25, 0.3) is 0 Å². The minimum absolute atomic E-state index is 0.115. The molecule has 0 saturated carbocycles. The molecule has 3 heteroatoms. The van der Waals surface area contributed by atoms with E-state index in [-0.39, 0.29) is 5.54 Å². The molecule has 1 aromatic rings. The molecule has 0 bridgehead atoms. The summed E-state index contributed by atoms with van der Waals surface area (Å²) in [6.07, 6.45) is 2.48. The SMILES string of the molecule is CCN(c1ccccc1C)C1(CN)CCCSC1C. The van der Waals surface area contributed by atoms with E-state index in [2.05, 4.69) is 61.7 Å². The Morgan fingerprint density at radius 2 is 2.16 bits per heavy atom. The van der Waals surface area contributed by atoms with E-state index in [4.69, 9.17) is 5.73 Å². The molecule has 1 saturated heterocycles. The van der Waals surface area contributed by atoms with E-state index in [1.165, 1.54) is 29.8 Å². The third kappa shape index (κ3) is 2.63. The Labute approximate surface area is 121 Å². The standard InChI is InChI=1S/C16H26N2S/c1-4-18(15-9-6-5-8-13(15)2)16(12-17)10-7-11-19-14(16)3/h5-6,8-9,14H,4,7,10-12,17H2,1-3H3. The van der Waals surface area contributed by atoms with Crippen molar-refractivity contribution in [2.24, 2.45) is 5.73 Å². The molecule has 2 N–H and O–H groups in total. The predicted octanol–water partition coefficient (Wildman–Crippen LogP) is 3.43. The van der Waals surface area contributed by atoms with Crippen LogP contribution in [0.25, 0.3) is 0 Å². The summed E-state index contributed by atoms with van der Waals surface area (Å²) >= 11 is 2.07. The van der Waals surface area contributed by atoms with E-state index in [0.717, 1.165) is 13.1 Å². The molecule has 0 spiro atoms. The number of likely N-dealkylation sites (N-methyl/N-ethyl adjacent to an activating group) is 1. The van der Waals surface area contributed by atoms with Crippen LogP contribution in [-0.2, 0) is 0 Å². The first kappa shape index (κ1) is 14.7. The van der Waals surface area contributed by atoms with Gasteiger partial charge in [-0.1, -0.05) is 25.1 Å². The van der Waals surface area contributed by atoms with Crippen LogP contribution in [0, 0.1) is 6.92 Å². The van der Waals surface area contributed by atoms with Gasteiger partial charge in [-0.15, -0.1) is 0 Å². The summed E-state index contributed by atoms with van der Waals surface area (Å²) in [5, 5.41) is 0.589. The van der Waals surface area contributed by atoms with Crippen LogP contribution in [0.5, 0.6) is 0 Å². The highest BCUT2D eigenvalue weighted by molar-refractivity contribution is 8.00. The largest absolute Gasteiger partial charge is 0.364 e. The van der Waals surface area contributed by atoms with E-state index in [9.17, 15) is 0 Å². The first-order valence-corrected chi connectivity index (χ1v) is 8.35. The second-order valence-corrected chi connectivity index (χ2v) is 6.90. The Balaban J connectivity index is 2.41. The van der Waals surface area contributed by atoms with Gasteiger partial charge in [0.15, 0.2) is 0 Å². The van der Waals surface area contributed by atoms with Gasteiger partial charge in [0.05, 0.1) is 5.54 Å². The van der Waals surface area contributed by atoms with Crippen LogP contribution in [0.15, 0.2) is 24.3 Å². The lowest BCUT2D eigenvalue weighted by molar-refractivity contribution is 0.355. The summed E-state index contributed by atoms with van der Waals surface area (Å²) in [5.74, 6) is 1.27. The summed E-state index contributed by atoms with van der Waals surface area (Å²) in [4.78, 5) is 2.55. The van der Waals surface area contributed by atoms with E-state index in [1.54, 1.807) is 0 Å². The third-order valence-corrected chi connectivity index (χ3v) is 5.96. The topological polar surface area (TPSA) is 29.3 Å². The zero-order valence-electron chi connectivity index (χ0n) is 12.4. The van der Waals surface area contributed by atoms with Crippen molar-refractivity contribution in [3.8, 4) is 0 Å². The van der Waals surface area contributed by atoms with Gasteiger partial charge >= 0.3 is 0 Å². The van der Waals surface area contributed by atoms with E-state index in [1.807, 2.05) is 0 Å². The normalized spacial score (nSPS) is 27.3. The van der Waals surface area contributed by atoms with E-state index in [0.29, 0.717) is 5.25 Å². The molecule has 1 aliphatic rings. The van der Waals surface area contributed by atoms with Gasteiger partial charge in [-0.2, -0.15) is 11.8 Å². The van der Waals surface area contributed by atoms with Crippen LogP contribution in [0.2, 0.25) is 0 Å². The van der Waals surface area contributed by atoms with Crippen molar-refractivity contribution < 1.29 is 0 Å². The molecule has 0 radical (unpaired) electrons. The molecule has 2 rings (SSSR count). The summed E-state index contributed by atoms with van der Waals surface area (Å²) in [6.45, 7) is 8.55. The second kappa shape index (κ2) is 6.19. The molecular formula is C16H26N2S. The fourth-order valence-electron chi connectivity index (χ4n) is 3.32. The number of hydrogen-bond acceptors (Lipinski definition) is 3. The maximum atomic E-state index is 6.24. The average Bonchev–Trinajstić information content (AvgIpc) is 2.43. The Kier molecular flexibility index (Phi) is 4.80. The number of hydrogen-bond donors (Lipinski definition) is 1. The van der Waals surface area contributed by atoms with Crippen molar-refractivity contribution in [3.05, 3.63) is 29.8 Å². The van der Waals surface area contributed by atoms with E-state index < -0.39 is 0 Å². The second-order valence-electron chi connectivity index (χ2n) is 5.46. The third-order valence-electron chi connectivity index (χ3n) is 4.49. The Bertz CT molecular complexity index is 421. The van der Waals surface area contributed by atoms with Crippen molar-refractivity contribution in [2.45, 2.75) is 44.4 Å². The van der Waals surface area contributed by atoms with Crippen molar-refractivity contribution in [3.63, 3.8) is 0 Å². The van der Waals surface area contributed by atoms with Gasteiger partial charge < -0.3 is 10.6 Å². The quantitative estimate of drug-likeness (QED) is 0.915. The summed E-state index contributed by atoms with van der Waals surface area (Å²) in [7, 11) is 0. The van der Waals surface area contributed by atoms with Gasteiger partial charge in [0.1, 0.15) is 0 Å². The average molecular weight is 278 g/mol. The molecule has 2 unspecified atom stereocenters. The van der Waals surface area contributed by atoms with Crippen LogP contribution >= 0.6 is 11.8 Å². The highest BCUT2D eigenvalue weighted by Gasteiger charge is 2.42. The first-order valence-electron chi connectivity index (χ1n) is 7.30. The number of thioether (sulfide) groups is 1. The number of nitrogens with zero attached hydrogens (tertiary/aromatic N) is 1.